The fourth-order valence-corrected chi connectivity index (χ4v) is 2.71. The van der Waals surface area contributed by atoms with Crippen molar-refractivity contribution in [2.24, 2.45) is 5.92 Å². The first kappa shape index (κ1) is 15.5. The summed E-state index contributed by atoms with van der Waals surface area (Å²) in [5.74, 6) is 1.00. The Bertz CT molecular complexity index is 253. The molecule has 3 nitrogen and oxygen atoms in total. The number of hydrogen-bond acceptors (Lipinski definition) is 2. The van der Waals surface area contributed by atoms with Crippen LogP contribution in [0.1, 0.15) is 59.8 Å². The molecule has 0 saturated carbocycles. The standard InChI is InChI=1S/C15H30N2O/c1-5-7-8-13(6-2)11-17-10-9-14(15(17)18)16-12(3)4/h12-14,16H,5-11H2,1-4H3. The lowest BCUT2D eigenvalue weighted by Gasteiger charge is -2.23. The van der Waals surface area contributed by atoms with Gasteiger partial charge < -0.3 is 10.2 Å². The largest absolute Gasteiger partial charge is 0.341 e. The van der Waals surface area contributed by atoms with Gasteiger partial charge in [0.25, 0.3) is 0 Å². The summed E-state index contributed by atoms with van der Waals surface area (Å²) in [4.78, 5) is 14.3. The molecule has 2 unspecified atom stereocenters. The van der Waals surface area contributed by atoms with E-state index in [2.05, 4.69) is 37.9 Å². The summed E-state index contributed by atoms with van der Waals surface area (Å²) in [5, 5.41) is 3.36. The van der Waals surface area contributed by atoms with Crippen molar-refractivity contribution in [3.05, 3.63) is 0 Å². The van der Waals surface area contributed by atoms with Gasteiger partial charge in [-0.1, -0.05) is 47.0 Å². The zero-order chi connectivity index (χ0) is 13.5. The van der Waals surface area contributed by atoms with E-state index >= 15 is 0 Å². The van der Waals surface area contributed by atoms with Crippen LogP contribution in [0, 0.1) is 5.92 Å². The van der Waals surface area contributed by atoms with Crippen molar-refractivity contribution in [3.8, 4) is 0 Å². The van der Waals surface area contributed by atoms with E-state index in [-0.39, 0.29) is 6.04 Å². The molecule has 2 atom stereocenters. The van der Waals surface area contributed by atoms with E-state index in [9.17, 15) is 4.79 Å². The molecule has 0 spiro atoms. The molecule has 1 aliphatic rings. The lowest BCUT2D eigenvalue weighted by Crippen LogP contribution is -2.42. The molecular formula is C15H30N2O. The van der Waals surface area contributed by atoms with Crippen LogP contribution in [0.5, 0.6) is 0 Å². The molecule has 0 radical (unpaired) electrons. The molecule has 1 saturated heterocycles. The fraction of sp³-hybridized carbons (Fsp3) is 0.933. The van der Waals surface area contributed by atoms with Crippen molar-refractivity contribution in [1.29, 1.82) is 0 Å². The van der Waals surface area contributed by atoms with Crippen molar-refractivity contribution in [1.82, 2.24) is 10.2 Å². The average Bonchev–Trinajstić information content (AvgIpc) is 2.66. The third-order valence-corrected chi connectivity index (χ3v) is 3.85. The van der Waals surface area contributed by atoms with Gasteiger partial charge in [0.2, 0.25) is 5.91 Å². The van der Waals surface area contributed by atoms with Crippen LogP contribution in [-0.2, 0) is 4.79 Å². The Balaban J connectivity index is 2.41. The van der Waals surface area contributed by atoms with Crippen molar-refractivity contribution in [3.63, 3.8) is 0 Å². The van der Waals surface area contributed by atoms with E-state index in [1.807, 2.05) is 0 Å². The SMILES string of the molecule is CCCCC(CC)CN1CCC(NC(C)C)C1=O. The first-order chi connectivity index (χ1) is 8.58. The first-order valence-corrected chi connectivity index (χ1v) is 7.63. The molecule has 3 heteroatoms. The molecule has 1 N–H and O–H groups in total. The third kappa shape index (κ3) is 4.60. The minimum Gasteiger partial charge on any atom is -0.341 e. The maximum Gasteiger partial charge on any atom is 0.239 e. The van der Waals surface area contributed by atoms with Gasteiger partial charge >= 0.3 is 0 Å². The normalized spacial score (nSPS) is 21.9. The second-order valence-corrected chi connectivity index (χ2v) is 5.86. The topological polar surface area (TPSA) is 32.3 Å². The highest BCUT2D eigenvalue weighted by atomic mass is 16.2. The van der Waals surface area contributed by atoms with Gasteiger partial charge in [-0.3, -0.25) is 4.79 Å². The number of likely N-dealkylation sites (tertiary alicyclic amines) is 1. The van der Waals surface area contributed by atoms with Gasteiger partial charge in [0.05, 0.1) is 6.04 Å². The van der Waals surface area contributed by atoms with Gasteiger partial charge in [-0.15, -0.1) is 0 Å². The van der Waals surface area contributed by atoms with E-state index in [1.165, 1.54) is 25.7 Å². The fourth-order valence-electron chi connectivity index (χ4n) is 2.71. The minimum absolute atomic E-state index is 0.0636. The average molecular weight is 254 g/mol. The lowest BCUT2D eigenvalue weighted by molar-refractivity contribution is -0.130. The Kier molecular flexibility index (Phi) is 6.69. The zero-order valence-electron chi connectivity index (χ0n) is 12.5. The number of carbonyl (C=O) groups is 1. The van der Waals surface area contributed by atoms with Crippen LogP contribution in [0.2, 0.25) is 0 Å². The number of rotatable bonds is 8. The Morgan fingerprint density at radius 1 is 1.39 bits per heavy atom. The van der Waals surface area contributed by atoms with Gasteiger partial charge in [-0.2, -0.15) is 0 Å². The summed E-state index contributed by atoms with van der Waals surface area (Å²) in [6.45, 7) is 10.6. The van der Waals surface area contributed by atoms with Gasteiger partial charge in [0.15, 0.2) is 0 Å². The van der Waals surface area contributed by atoms with Crippen LogP contribution < -0.4 is 5.32 Å². The molecule has 106 valence electrons. The molecule has 0 aromatic rings. The molecule has 0 bridgehead atoms. The monoisotopic (exact) mass is 254 g/mol. The van der Waals surface area contributed by atoms with Crippen LogP contribution in [0.25, 0.3) is 0 Å². The predicted octanol–water partition coefficient (Wildman–Crippen LogP) is 2.80. The van der Waals surface area contributed by atoms with E-state index < -0.39 is 0 Å². The number of hydrogen-bond donors (Lipinski definition) is 1. The molecule has 1 aliphatic heterocycles. The zero-order valence-corrected chi connectivity index (χ0v) is 12.5. The molecule has 18 heavy (non-hydrogen) atoms. The van der Waals surface area contributed by atoms with Crippen LogP contribution in [-0.4, -0.2) is 36.0 Å². The summed E-state index contributed by atoms with van der Waals surface area (Å²) in [6.07, 6.45) is 5.96. The molecule has 1 heterocycles. The molecular weight excluding hydrogens is 224 g/mol. The summed E-state index contributed by atoms with van der Waals surface area (Å²) in [6, 6.07) is 0.453. The summed E-state index contributed by atoms with van der Waals surface area (Å²) >= 11 is 0. The Hall–Kier alpha value is -0.570. The van der Waals surface area contributed by atoms with Crippen molar-refractivity contribution >= 4 is 5.91 Å². The molecule has 1 fully saturated rings. The number of carbonyl (C=O) groups excluding carboxylic acids is 1. The summed E-state index contributed by atoms with van der Waals surface area (Å²) in [7, 11) is 0. The highest BCUT2D eigenvalue weighted by Crippen LogP contribution is 2.19. The molecule has 0 aliphatic carbocycles. The van der Waals surface area contributed by atoms with E-state index in [0.717, 1.165) is 19.5 Å². The molecule has 0 aromatic heterocycles. The molecule has 1 amide bonds. The first-order valence-electron chi connectivity index (χ1n) is 7.63. The van der Waals surface area contributed by atoms with Crippen molar-refractivity contribution in [2.45, 2.75) is 71.9 Å². The van der Waals surface area contributed by atoms with E-state index in [0.29, 0.717) is 17.9 Å². The predicted molar refractivity (Wildman–Crippen MR) is 76.6 cm³/mol. The van der Waals surface area contributed by atoms with Crippen LogP contribution in [0.4, 0.5) is 0 Å². The number of nitrogens with one attached hydrogen (secondary N) is 1. The highest BCUT2D eigenvalue weighted by molar-refractivity contribution is 5.84. The molecule has 1 rings (SSSR count). The lowest BCUT2D eigenvalue weighted by atomic mass is 9.99. The van der Waals surface area contributed by atoms with Crippen LogP contribution in [0.15, 0.2) is 0 Å². The number of nitrogens with zero attached hydrogens (tertiary/aromatic N) is 1. The van der Waals surface area contributed by atoms with Gasteiger partial charge in [0.1, 0.15) is 0 Å². The quantitative estimate of drug-likeness (QED) is 0.722. The van der Waals surface area contributed by atoms with Gasteiger partial charge in [0, 0.05) is 19.1 Å². The van der Waals surface area contributed by atoms with Crippen LogP contribution >= 0.6 is 0 Å². The Morgan fingerprint density at radius 2 is 2.11 bits per heavy atom. The van der Waals surface area contributed by atoms with Crippen molar-refractivity contribution < 1.29 is 4.79 Å². The smallest absolute Gasteiger partial charge is 0.239 e. The van der Waals surface area contributed by atoms with Gasteiger partial charge in [-0.25, -0.2) is 0 Å². The summed E-state index contributed by atoms with van der Waals surface area (Å²) < 4.78 is 0. The maximum atomic E-state index is 12.2. The van der Waals surface area contributed by atoms with Crippen molar-refractivity contribution in [2.75, 3.05) is 13.1 Å². The van der Waals surface area contributed by atoms with Gasteiger partial charge in [-0.05, 0) is 18.8 Å². The highest BCUT2D eigenvalue weighted by Gasteiger charge is 2.32. The minimum atomic E-state index is 0.0636. The summed E-state index contributed by atoms with van der Waals surface area (Å²) in [5.41, 5.74) is 0. The van der Waals surface area contributed by atoms with E-state index in [4.69, 9.17) is 0 Å². The second-order valence-electron chi connectivity index (χ2n) is 5.86. The van der Waals surface area contributed by atoms with Crippen LogP contribution in [0.3, 0.4) is 0 Å². The third-order valence-electron chi connectivity index (χ3n) is 3.85. The van der Waals surface area contributed by atoms with E-state index in [1.54, 1.807) is 0 Å². The molecule has 0 aromatic carbocycles. The Morgan fingerprint density at radius 3 is 2.67 bits per heavy atom. The second kappa shape index (κ2) is 7.78. The number of unbranched alkanes of at least 4 members (excludes halogenated alkanes) is 1. The maximum absolute atomic E-state index is 12.2. The number of amides is 1. The Labute approximate surface area is 112 Å².